The van der Waals surface area contributed by atoms with Gasteiger partial charge in [0.15, 0.2) is 12.5 Å². The van der Waals surface area contributed by atoms with Crippen molar-refractivity contribution in [1.82, 2.24) is 29.1 Å². The Kier molecular flexibility index (Phi) is 7.06. The number of hydrogen-bond acceptors (Lipinski definition) is 9. The van der Waals surface area contributed by atoms with Crippen molar-refractivity contribution < 1.29 is 24.2 Å². The van der Waals surface area contributed by atoms with Gasteiger partial charge in [-0.15, -0.1) is 22.7 Å². The summed E-state index contributed by atoms with van der Waals surface area (Å²) in [4.78, 5) is 30.1. The van der Waals surface area contributed by atoms with Crippen molar-refractivity contribution in [3.8, 4) is 0 Å². The van der Waals surface area contributed by atoms with Crippen molar-refractivity contribution in [3.05, 3.63) is 53.0 Å². The Labute approximate surface area is 225 Å². The van der Waals surface area contributed by atoms with Gasteiger partial charge in [-0.2, -0.15) is 10.2 Å². The van der Waals surface area contributed by atoms with E-state index in [1.165, 1.54) is 33.6 Å². The van der Waals surface area contributed by atoms with Crippen LogP contribution in [-0.2, 0) is 9.47 Å². The van der Waals surface area contributed by atoms with Crippen LogP contribution in [0.5, 0.6) is 0 Å². The standard InChI is InChI=1S/C14H14N4O2S.C11H12N2O3S/c19-13(17-5-4-15-9-17)11-7-10-8-16-18(14(10)21-11)12-3-1-2-6-20-12;14-11(15)8-5-7-6-12-13(10(7)17-8)9-3-1-2-4-16-9/h4-5,7-9,12H,1-3,6H2;5-6,9H,1-4H2,(H,14,15). The number of aromatic nitrogens is 6. The number of hydrogen-bond donors (Lipinski definition) is 1. The van der Waals surface area contributed by atoms with Crippen LogP contribution in [0.25, 0.3) is 20.4 Å². The van der Waals surface area contributed by atoms with E-state index in [1.54, 1.807) is 30.9 Å². The Morgan fingerprint density at radius 2 is 1.45 bits per heavy atom. The second-order valence-corrected chi connectivity index (χ2v) is 11.2. The lowest BCUT2D eigenvalue weighted by atomic mass is 10.2. The highest BCUT2D eigenvalue weighted by Gasteiger charge is 2.22. The Morgan fingerprint density at radius 1 is 0.868 bits per heavy atom. The van der Waals surface area contributed by atoms with Gasteiger partial charge in [0.2, 0.25) is 0 Å². The predicted octanol–water partition coefficient (Wildman–Crippen LogP) is 5.18. The molecule has 0 spiro atoms. The summed E-state index contributed by atoms with van der Waals surface area (Å²) >= 11 is 2.71. The summed E-state index contributed by atoms with van der Waals surface area (Å²) in [7, 11) is 0. The summed E-state index contributed by atoms with van der Waals surface area (Å²) in [6.07, 6.45) is 14.6. The molecular weight excluding hydrogens is 528 g/mol. The van der Waals surface area contributed by atoms with Crippen molar-refractivity contribution in [3.63, 3.8) is 0 Å². The monoisotopic (exact) mass is 554 g/mol. The van der Waals surface area contributed by atoms with Gasteiger partial charge in [0.05, 0.1) is 17.3 Å². The molecule has 1 N–H and O–H groups in total. The van der Waals surface area contributed by atoms with Crippen molar-refractivity contribution in [2.45, 2.75) is 51.0 Å². The zero-order valence-corrected chi connectivity index (χ0v) is 22.1. The Hall–Kier alpha value is -3.39. The van der Waals surface area contributed by atoms with Crippen LogP contribution in [0.3, 0.4) is 0 Å². The zero-order chi connectivity index (χ0) is 26.1. The summed E-state index contributed by atoms with van der Waals surface area (Å²) < 4.78 is 16.6. The maximum atomic E-state index is 12.3. The second-order valence-electron chi connectivity index (χ2n) is 9.14. The van der Waals surface area contributed by atoms with Gasteiger partial charge in [-0.3, -0.25) is 9.36 Å². The first-order valence-corrected chi connectivity index (χ1v) is 14.1. The summed E-state index contributed by atoms with van der Waals surface area (Å²) in [6.45, 7) is 1.53. The highest BCUT2D eigenvalue weighted by molar-refractivity contribution is 7.20. The first-order valence-electron chi connectivity index (χ1n) is 12.5. The van der Waals surface area contributed by atoms with E-state index in [4.69, 9.17) is 14.6 Å². The van der Waals surface area contributed by atoms with Crippen molar-refractivity contribution in [1.29, 1.82) is 0 Å². The van der Waals surface area contributed by atoms with Gasteiger partial charge in [0, 0.05) is 36.4 Å². The molecule has 0 aromatic carbocycles. The molecule has 0 radical (unpaired) electrons. The molecule has 2 saturated heterocycles. The SMILES string of the molecule is O=C(O)c1cc2cnn(C3CCCCO3)c2s1.O=C(c1cc2cnn(C3CCCCO3)c2s1)n1ccnc1. The number of ether oxygens (including phenoxy) is 2. The smallest absolute Gasteiger partial charge is 0.345 e. The van der Waals surface area contributed by atoms with Gasteiger partial charge < -0.3 is 14.6 Å². The highest BCUT2D eigenvalue weighted by atomic mass is 32.1. The molecule has 2 aliphatic heterocycles. The van der Waals surface area contributed by atoms with Gasteiger partial charge in [-0.25, -0.2) is 19.1 Å². The van der Waals surface area contributed by atoms with Gasteiger partial charge in [0.25, 0.3) is 5.91 Å². The van der Waals surface area contributed by atoms with Gasteiger partial charge >= 0.3 is 5.97 Å². The number of imidazole rings is 1. The quantitative estimate of drug-likeness (QED) is 0.322. The van der Waals surface area contributed by atoms with Crippen LogP contribution in [0.15, 0.2) is 43.2 Å². The average Bonchev–Trinajstić information content (AvgIpc) is 3.75. The van der Waals surface area contributed by atoms with Crippen molar-refractivity contribution in [2.24, 2.45) is 0 Å². The number of carboxylic acids is 1. The topological polar surface area (TPSA) is 126 Å². The fourth-order valence-corrected chi connectivity index (χ4v) is 6.69. The van der Waals surface area contributed by atoms with E-state index in [0.29, 0.717) is 9.75 Å². The number of carbonyl (C=O) groups excluding carboxylic acids is 1. The summed E-state index contributed by atoms with van der Waals surface area (Å²) in [6, 6.07) is 3.54. The molecule has 0 amide bonds. The third-order valence-corrected chi connectivity index (χ3v) is 8.81. The summed E-state index contributed by atoms with van der Waals surface area (Å²) in [5.41, 5.74) is 0. The molecular formula is C25H26N6O5S2. The zero-order valence-electron chi connectivity index (χ0n) is 20.4. The molecule has 2 aliphatic rings. The molecule has 5 aromatic heterocycles. The normalized spacial score (nSPS) is 19.9. The molecule has 0 saturated carbocycles. The number of rotatable bonds is 4. The first-order chi connectivity index (χ1) is 18.6. The van der Waals surface area contributed by atoms with E-state index in [9.17, 15) is 9.59 Å². The Balaban J connectivity index is 0.000000142. The van der Waals surface area contributed by atoms with Crippen molar-refractivity contribution >= 4 is 55.0 Å². The maximum Gasteiger partial charge on any atom is 0.345 e. The highest BCUT2D eigenvalue weighted by Crippen LogP contribution is 2.32. The lowest BCUT2D eigenvalue weighted by Gasteiger charge is -2.22. The molecule has 198 valence electrons. The second kappa shape index (κ2) is 10.8. The fraction of sp³-hybridized carbons (Fsp3) is 0.400. The molecule has 2 fully saturated rings. The van der Waals surface area contributed by atoms with Crippen LogP contribution >= 0.6 is 22.7 Å². The average molecular weight is 555 g/mol. The van der Waals surface area contributed by atoms with Gasteiger partial charge in [0.1, 0.15) is 20.9 Å². The number of fused-ring (bicyclic) bond motifs is 2. The lowest BCUT2D eigenvalue weighted by Crippen LogP contribution is -2.18. The van der Waals surface area contributed by atoms with Crippen LogP contribution in [-0.4, -0.2) is 59.3 Å². The number of nitrogens with zero attached hydrogens (tertiary/aromatic N) is 6. The van der Waals surface area contributed by atoms with Gasteiger partial charge in [-0.05, 0) is 50.7 Å². The van der Waals surface area contributed by atoms with Crippen molar-refractivity contribution in [2.75, 3.05) is 13.2 Å². The van der Waals surface area contributed by atoms with Crippen LogP contribution in [0.4, 0.5) is 0 Å². The number of thiophene rings is 2. The Bertz CT molecular complexity index is 1550. The molecule has 7 rings (SSSR count). The maximum absolute atomic E-state index is 12.3. The molecule has 0 aliphatic carbocycles. The predicted molar refractivity (Wildman–Crippen MR) is 142 cm³/mol. The molecule has 38 heavy (non-hydrogen) atoms. The van der Waals surface area contributed by atoms with E-state index < -0.39 is 5.97 Å². The summed E-state index contributed by atoms with van der Waals surface area (Å²) in [5.74, 6) is -0.952. The minimum absolute atomic E-state index is 0.00824. The molecule has 2 atom stereocenters. The molecule has 0 bridgehead atoms. The summed E-state index contributed by atoms with van der Waals surface area (Å²) in [5, 5.41) is 19.5. The van der Waals surface area contributed by atoms with E-state index in [1.807, 2.05) is 15.4 Å². The third-order valence-electron chi connectivity index (χ3n) is 6.56. The molecule has 7 heterocycles. The minimum Gasteiger partial charge on any atom is -0.477 e. The minimum atomic E-state index is -0.887. The van der Waals surface area contributed by atoms with E-state index in [0.717, 1.165) is 72.2 Å². The number of carbonyl (C=O) groups is 2. The van der Waals surface area contributed by atoms with E-state index >= 15 is 0 Å². The van der Waals surface area contributed by atoms with E-state index in [2.05, 4.69) is 15.2 Å². The third kappa shape index (κ3) is 4.89. The van der Waals surface area contributed by atoms with Gasteiger partial charge in [-0.1, -0.05) is 0 Å². The van der Waals surface area contributed by atoms with Crippen LogP contribution in [0.1, 0.15) is 70.3 Å². The molecule has 11 nitrogen and oxygen atoms in total. The molecule has 5 aromatic rings. The lowest BCUT2D eigenvalue weighted by molar-refractivity contribution is -0.0364. The Morgan fingerprint density at radius 3 is 1.95 bits per heavy atom. The number of carboxylic acid groups (broad SMARTS) is 1. The first kappa shape index (κ1) is 24.9. The van der Waals surface area contributed by atoms with Crippen LogP contribution in [0.2, 0.25) is 0 Å². The van der Waals surface area contributed by atoms with Crippen LogP contribution < -0.4 is 0 Å². The molecule has 2 unspecified atom stereocenters. The van der Waals surface area contributed by atoms with Crippen LogP contribution in [0, 0.1) is 0 Å². The fourth-order valence-electron chi connectivity index (χ4n) is 4.65. The number of aromatic carboxylic acids is 1. The molecule has 13 heteroatoms. The van der Waals surface area contributed by atoms with E-state index in [-0.39, 0.29) is 18.4 Å². The largest absolute Gasteiger partial charge is 0.477 e.